The van der Waals surface area contributed by atoms with Crippen molar-refractivity contribution in [3.05, 3.63) is 72.3 Å². The Morgan fingerprint density at radius 1 is 1.25 bits per heavy atom. The molecule has 124 valence electrons. The molecular formula is C19H20N2O3. The van der Waals surface area contributed by atoms with Gasteiger partial charge in [0.1, 0.15) is 11.5 Å². The van der Waals surface area contributed by atoms with Crippen molar-refractivity contribution in [2.45, 2.75) is 6.42 Å². The lowest BCUT2D eigenvalue weighted by atomic mass is 10.1. The Hall–Kier alpha value is -3.08. The molecule has 0 saturated carbocycles. The van der Waals surface area contributed by atoms with Crippen LogP contribution in [0.1, 0.15) is 11.1 Å². The van der Waals surface area contributed by atoms with E-state index in [1.807, 2.05) is 48.5 Å². The average molecular weight is 324 g/mol. The van der Waals surface area contributed by atoms with Gasteiger partial charge < -0.3 is 9.47 Å². The van der Waals surface area contributed by atoms with Crippen LogP contribution < -0.4 is 14.9 Å². The molecular weight excluding hydrogens is 304 g/mol. The Kier molecular flexibility index (Phi) is 6.58. The molecule has 0 fully saturated rings. The van der Waals surface area contributed by atoms with Crippen LogP contribution >= 0.6 is 0 Å². The van der Waals surface area contributed by atoms with Crippen molar-refractivity contribution in [2.24, 2.45) is 5.10 Å². The van der Waals surface area contributed by atoms with Gasteiger partial charge >= 0.3 is 0 Å². The van der Waals surface area contributed by atoms with E-state index in [2.05, 4.69) is 17.1 Å². The second kappa shape index (κ2) is 9.15. The van der Waals surface area contributed by atoms with E-state index < -0.39 is 0 Å². The van der Waals surface area contributed by atoms with Gasteiger partial charge in [-0.2, -0.15) is 5.10 Å². The topological polar surface area (TPSA) is 59.9 Å². The molecule has 0 heterocycles. The molecule has 5 heteroatoms. The van der Waals surface area contributed by atoms with E-state index >= 15 is 0 Å². The number of nitrogens with zero attached hydrogens (tertiary/aromatic N) is 1. The molecule has 24 heavy (non-hydrogen) atoms. The predicted octanol–water partition coefficient (Wildman–Crippen LogP) is 2.95. The van der Waals surface area contributed by atoms with Gasteiger partial charge in [0.25, 0.3) is 5.91 Å². The van der Waals surface area contributed by atoms with Gasteiger partial charge in [-0.3, -0.25) is 4.79 Å². The lowest BCUT2D eigenvalue weighted by Crippen LogP contribution is -2.24. The Morgan fingerprint density at radius 3 is 2.88 bits per heavy atom. The number of ether oxygens (including phenoxy) is 2. The number of methoxy groups -OCH3 is 1. The molecule has 0 bridgehead atoms. The summed E-state index contributed by atoms with van der Waals surface area (Å²) < 4.78 is 10.7. The molecule has 0 saturated heterocycles. The van der Waals surface area contributed by atoms with Gasteiger partial charge in [0, 0.05) is 0 Å². The third kappa shape index (κ3) is 5.28. The average Bonchev–Trinajstić information content (AvgIpc) is 2.61. The summed E-state index contributed by atoms with van der Waals surface area (Å²) in [7, 11) is 1.60. The monoisotopic (exact) mass is 324 g/mol. The molecule has 0 spiro atoms. The number of rotatable bonds is 8. The number of allylic oxidation sites excluding steroid dienone is 1. The second-order valence-electron chi connectivity index (χ2n) is 4.96. The summed E-state index contributed by atoms with van der Waals surface area (Å²) in [6, 6.07) is 14.9. The lowest BCUT2D eigenvalue weighted by Gasteiger charge is -2.09. The highest BCUT2D eigenvalue weighted by atomic mass is 16.5. The maximum atomic E-state index is 11.8. The van der Waals surface area contributed by atoms with Gasteiger partial charge in [-0.1, -0.05) is 36.4 Å². The Labute approximate surface area is 141 Å². The van der Waals surface area contributed by atoms with Crippen molar-refractivity contribution in [1.29, 1.82) is 0 Å². The highest BCUT2D eigenvalue weighted by molar-refractivity contribution is 5.83. The van der Waals surface area contributed by atoms with Crippen LogP contribution in [-0.4, -0.2) is 25.8 Å². The van der Waals surface area contributed by atoms with Gasteiger partial charge in [-0.15, -0.1) is 6.58 Å². The number of carbonyl (C=O) groups is 1. The Morgan fingerprint density at radius 2 is 2.08 bits per heavy atom. The first-order valence-electron chi connectivity index (χ1n) is 7.50. The molecule has 2 aromatic carbocycles. The number of hydrazone groups is 1. The van der Waals surface area contributed by atoms with Gasteiger partial charge in [0.15, 0.2) is 6.61 Å². The third-order valence-corrected chi connectivity index (χ3v) is 3.19. The number of hydrogen-bond acceptors (Lipinski definition) is 4. The van der Waals surface area contributed by atoms with E-state index in [1.165, 1.54) is 0 Å². The number of nitrogens with one attached hydrogen (secondary N) is 1. The zero-order valence-corrected chi connectivity index (χ0v) is 13.6. The first-order chi connectivity index (χ1) is 11.7. The molecule has 5 nitrogen and oxygen atoms in total. The van der Waals surface area contributed by atoms with E-state index in [9.17, 15) is 4.79 Å². The predicted molar refractivity (Wildman–Crippen MR) is 94.6 cm³/mol. The molecule has 2 rings (SSSR count). The molecule has 0 aliphatic rings. The molecule has 1 N–H and O–H groups in total. The zero-order chi connectivity index (χ0) is 17.2. The fourth-order valence-corrected chi connectivity index (χ4v) is 2.04. The molecule has 0 aliphatic heterocycles. The van der Waals surface area contributed by atoms with E-state index in [0.717, 1.165) is 16.9 Å². The summed E-state index contributed by atoms with van der Waals surface area (Å²) >= 11 is 0. The standard InChI is InChI=1S/C19H20N2O3/c1-3-7-16-9-4-5-11-18(16)24-14-19(22)21-20-13-15-8-6-10-17(12-15)23-2/h3-6,8-13H,1,7,14H2,2H3,(H,21,22). The van der Waals surface area contributed by atoms with Crippen molar-refractivity contribution in [2.75, 3.05) is 13.7 Å². The lowest BCUT2D eigenvalue weighted by molar-refractivity contribution is -0.123. The van der Waals surface area contributed by atoms with Crippen molar-refractivity contribution in [1.82, 2.24) is 5.43 Å². The van der Waals surface area contributed by atoms with Gasteiger partial charge in [0.05, 0.1) is 13.3 Å². The minimum absolute atomic E-state index is 0.108. The number of hydrogen-bond donors (Lipinski definition) is 1. The van der Waals surface area contributed by atoms with Crippen LogP contribution in [0.15, 0.2) is 66.3 Å². The third-order valence-electron chi connectivity index (χ3n) is 3.19. The SMILES string of the molecule is C=CCc1ccccc1OCC(=O)NN=Cc1cccc(OC)c1. The summed E-state index contributed by atoms with van der Waals surface area (Å²) in [5.41, 5.74) is 4.25. The van der Waals surface area contributed by atoms with Crippen LogP contribution in [0, 0.1) is 0 Å². The van der Waals surface area contributed by atoms with Crippen LogP contribution in [0.4, 0.5) is 0 Å². The van der Waals surface area contributed by atoms with Gasteiger partial charge in [-0.05, 0) is 35.7 Å². The fraction of sp³-hybridized carbons (Fsp3) is 0.158. The molecule has 2 aromatic rings. The van der Waals surface area contributed by atoms with E-state index in [1.54, 1.807) is 19.4 Å². The van der Waals surface area contributed by atoms with Crippen molar-refractivity contribution in [3.63, 3.8) is 0 Å². The molecule has 0 aromatic heterocycles. The van der Waals surface area contributed by atoms with Crippen LogP contribution in [0.25, 0.3) is 0 Å². The summed E-state index contributed by atoms with van der Waals surface area (Å²) in [5.74, 6) is 1.07. The number of amides is 1. The summed E-state index contributed by atoms with van der Waals surface area (Å²) in [6.07, 6.45) is 4.03. The minimum atomic E-state index is -0.331. The maximum absolute atomic E-state index is 11.8. The Balaban J connectivity index is 1.85. The summed E-state index contributed by atoms with van der Waals surface area (Å²) in [5, 5.41) is 3.91. The second-order valence-corrected chi connectivity index (χ2v) is 4.96. The van der Waals surface area contributed by atoms with Crippen molar-refractivity contribution in [3.8, 4) is 11.5 Å². The summed E-state index contributed by atoms with van der Waals surface area (Å²) in [6.45, 7) is 3.60. The summed E-state index contributed by atoms with van der Waals surface area (Å²) in [4.78, 5) is 11.8. The molecule has 0 radical (unpaired) electrons. The molecule has 0 unspecified atom stereocenters. The fourth-order valence-electron chi connectivity index (χ4n) is 2.04. The zero-order valence-electron chi connectivity index (χ0n) is 13.6. The Bertz CT molecular complexity index is 726. The maximum Gasteiger partial charge on any atom is 0.277 e. The van der Waals surface area contributed by atoms with Crippen LogP contribution in [0.2, 0.25) is 0 Å². The van der Waals surface area contributed by atoms with E-state index in [-0.39, 0.29) is 12.5 Å². The molecule has 0 atom stereocenters. The largest absolute Gasteiger partial charge is 0.497 e. The van der Waals surface area contributed by atoms with Crippen LogP contribution in [0.3, 0.4) is 0 Å². The quantitative estimate of drug-likeness (QED) is 0.461. The number of carbonyl (C=O) groups excluding carboxylic acids is 1. The number of para-hydroxylation sites is 1. The molecule has 0 aliphatic carbocycles. The first-order valence-corrected chi connectivity index (χ1v) is 7.50. The highest BCUT2D eigenvalue weighted by Crippen LogP contribution is 2.18. The van der Waals surface area contributed by atoms with Gasteiger partial charge in [-0.25, -0.2) is 5.43 Å². The number of benzene rings is 2. The van der Waals surface area contributed by atoms with E-state index in [4.69, 9.17) is 9.47 Å². The molecule has 1 amide bonds. The first kappa shape index (κ1) is 17.3. The van der Waals surface area contributed by atoms with Crippen molar-refractivity contribution >= 4 is 12.1 Å². The van der Waals surface area contributed by atoms with Crippen LogP contribution in [0.5, 0.6) is 11.5 Å². The van der Waals surface area contributed by atoms with E-state index in [0.29, 0.717) is 12.2 Å². The normalized spacial score (nSPS) is 10.4. The van der Waals surface area contributed by atoms with Crippen LogP contribution in [-0.2, 0) is 11.2 Å². The highest BCUT2D eigenvalue weighted by Gasteiger charge is 2.05. The van der Waals surface area contributed by atoms with Gasteiger partial charge in [0.2, 0.25) is 0 Å². The minimum Gasteiger partial charge on any atom is -0.497 e. The smallest absolute Gasteiger partial charge is 0.277 e. The van der Waals surface area contributed by atoms with Crippen molar-refractivity contribution < 1.29 is 14.3 Å².